The molecule has 0 saturated carbocycles. The Hall–Kier alpha value is -2.15. The molecule has 3 aromatic heterocycles. The second kappa shape index (κ2) is 5.09. The Kier molecular flexibility index (Phi) is 3.27. The summed E-state index contributed by atoms with van der Waals surface area (Å²) in [6.45, 7) is 0. The quantitative estimate of drug-likeness (QED) is 0.782. The summed E-state index contributed by atoms with van der Waals surface area (Å²) in [6, 6.07) is 0. The summed E-state index contributed by atoms with van der Waals surface area (Å²) in [7, 11) is 1.87. The number of rotatable bonds is 5. The highest BCUT2D eigenvalue weighted by atomic mass is 32.1. The van der Waals surface area contributed by atoms with Gasteiger partial charge < -0.3 is 5.11 Å². The number of fused-ring (bicyclic) bond motifs is 1. The van der Waals surface area contributed by atoms with Crippen molar-refractivity contribution in [2.45, 2.75) is 19.3 Å². The Morgan fingerprint density at radius 1 is 1.45 bits per heavy atom. The average molecular weight is 290 g/mol. The summed E-state index contributed by atoms with van der Waals surface area (Å²) in [5.41, 5.74) is 2.98. The molecular weight excluding hydrogens is 276 g/mol. The largest absolute Gasteiger partial charge is 0.481 e. The highest BCUT2D eigenvalue weighted by Gasteiger charge is 2.11. The van der Waals surface area contributed by atoms with Crippen molar-refractivity contribution in [2.75, 3.05) is 0 Å². The van der Waals surface area contributed by atoms with E-state index in [0.717, 1.165) is 28.3 Å². The summed E-state index contributed by atoms with van der Waals surface area (Å²) in [5, 5.41) is 14.9. The predicted octanol–water partition coefficient (Wildman–Crippen LogP) is 2.20. The lowest BCUT2D eigenvalue weighted by Crippen LogP contribution is -1.97. The molecule has 0 aliphatic heterocycles. The summed E-state index contributed by atoms with van der Waals surface area (Å²) in [5.74, 6) is -0.752. The number of hydrogen-bond donors (Lipinski definition) is 1. The van der Waals surface area contributed by atoms with E-state index in [1.807, 2.05) is 29.2 Å². The molecule has 20 heavy (non-hydrogen) atoms. The van der Waals surface area contributed by atoms with Gasteiger partial charge in [-0.05, 0) is 12.8 Å². The molecule has 0 aliphatic rings. The van der Waals surface area contributed by atoms with Gasteiger partial charge in [0.1, 0.15) is 0 Å². The third-order valence-electron chi connectivity index (χ3n) is 3.11. The minimum absolute atomic E-state index is 0.196. The van der Waals surface area contributed by atoms with Crippen molar-refractivity contribution in [1.29, 1.82) is 0 Å². The first-order chi connectivity index (χ1) is 9.63. The Morgan fingerprint density at radius 3 is 3.00 bits per heavy atom. The minimum Gasteiger partial charge on any atom is -0.481 e. The molecule has 0 aliphatic carbocycles. The second-order valence-corrected chi connectivity index (χ2v) is 5.49. The number of aromatic nitrogens is 4. The Balaban J connectivity index is 1.85. The predicted molar refractivity (Wildman–Crippen MR) is 75.8 cm³/mol. The van der Waals surface area contributed by atoms with Crippen molar-refractivity contribution in [3.05, 3.63) is 29.7 Å². The van der Waals surface area contributed by atoms with Crippen LogP contribution < -0.4 is 0 Å². The van der Waals surface area contributed by atoms with E-state index in [1.54, 1.807) is 22.2 Å². The van der Waals surface area contributed by atoms with Crippen molar-refractivity contribution in [3.63, 3.8) is 0 Å². The van der Waals surface area contributed by atoms with Gasteiger partial charge in [0.05, 0.1) is 11.9 Å². The summed E-state index contributed by atoms with van der Waals surface area (Å²) >= 11 is 1.57. The smallest absolute Gasteiger partial charge is 0.303 e. The lowest BCUT2D eigenvalue weighted by atomic mass is 10.2. The molecule has 0 unspecified atom stereocenters. The van der Waals surface area contributed by atoms with E-state index in [0.29, 0.717) is 6.42 Å². The maximum Gasteiger partial charge on any atom is 0.303 e. The first-order valence-corrected chi connectivity index (χ1v) is 7.18. The van der Waals surface area contributed by atoms with Crippen molar-refractivity contribution >= 4 is 22.3 Å². The summed E-state index contributed by atoms with van der Waals surface area (Å²) in [4.78, 5) is 16.1. The zero-order valence-electron chi connectivity index (χ0n) is 11.0. The third-order valence-corrected chi connectivity index (χ3v) is 4.00. The second-order valence-electron chi connectivity index (χ2n) is 4.66. The number of aryl methyl sites for hydroxylation is 2. The van der Waals surface area contributed by atoms with Crippen LogP contribution in [0.4, 0.5) is 0 Å². The molecule has 1 N–H and O–H groups in total. The lowest BCUT2D eigenvalue weighted by molar-refractivity contribution is -0.137. The number of hydrogen-bond acceptors (Lipinski definition) is 4. The number of carbonyl (C=O) groups is 1. The Labute approximate surface area is 119 Å². The number of imidazole rings is 1. The van der Waals surface area contributed by atoms with Gasteiger partial charge in [-0.25, -0.2) is 4.98 Å². The molecule has 0 amide bonds. The third kappa shape index (κ3) is 2.44. The first-order valence-electron chi connectivity index (χ1n) is 6.30. The van der Waals surface area contributed by atoms with Gasteiger partial charge in [-0.3, -0.25) is 13.9 Å². The molecule has 0 fully saturated rings. The topological polar surface area (TPSA) is 72.4 Å². The van der Waals surface area contributed by atoms with Crippen LogP contribution in [-0.4, -0.2) is 30.2 Å². The Bertz CT molecular complexity index is 755. The molecule has 0 saturated heterocycles. The van der Waals surface area contributed by atoms with Crippen LogP contribution in [0.1, 0.15) is 18.5 Å². The lowest BCUT2D eigenvalue weighted by Gasteiger charge is -1.97. The molecule has 3 aromatic rings. The molecular formula is C13H14N4O2S. The van der Waals surface area contributed by atoms with E-state index >= 15 is 0 Å². The molecule has 6 nitrogen and oxygen atoms in total. The van der Waals surface area contributed by atoms with Gasteiger partial charge >= 0.3 is 5.97 Å². The van der Waals surface area contributed by atoms with Gasteiger partial charge in [0.15, 0.2) is 4.96 Å². The van der Waals surface area contributed by atoms with Crippen LogP contribution in [0.15, 0.2) is 24.0 Å². The molecule has 0 radical (unpaired) electrons. The molecule has 3 rings (SSSR count). The van der Waals surface area contributed by atoms with Crippen LogP contribution in [0.3, 0.4) is 0 Å². The van der Waals surface area contributed by atoms with E-state index in [1.165, 1.54) is 0 Å². The zero-order valence-corrected chi connectivity index (χ0v) is 11.8. The Morgan fingerprint density at radius 2 is 2.30 bits per heavy atom. The van der Waals surface area contributed by atoms with Crippen molar-refractivity contribution in [1.82, 2.24) is 19.2 Å². The monoisotopic (exact) mass is 290 g/mol. The molecule has 7 heteroatoms. The number of carboxylic acid groups (broad SMARTS) is 1. The van der Waals surface area contributed by atoms with E-state index in [4.69, 9.17) is 5.11 Å². The van der Waals surface area contributed by atoms with Gasteiger partial charge in [0.2, 0.25) is 0 Å². The fourth-order valence-corrected chi connectivity index (χ4v) is 3.03. The van der Waals surface area contributed by atoms with Gasteiger partial charge in [0.25, 0.3) is 0 Å². The number of carboxylic acids is 1. The van der Waals surface area contributed by atoms with Crippen molar-refractivity contribution in [2.24, 2.45) is 7.05 Å². The fraction of sp³-hybridized carbons (Fsp3) is 0.308. The van der Waals surface area contributed by atoms with E-state index < -0.39 is 5.97 Å². The van der Waals surface area contributed by atoms with Crippen LogP contribution in [0, 0.1) is 0 Å². The van der Waals surface area contributed by atoms with Gasteiger partial charge in [-0.2, -0.15) is 5.10 Å². The summed E-state index contributed by atoms with van der Waals surface area (Å²) in [6.07, 6.45) is 7.28. The molecule has 104 valence electrons. The standard InChI is InChI=1S/C13H14N4O2S/c1-16-6-9(5-14-16)11-7-17-10(3-2-4-12(18)19)8-20-13(17)15-11/h5-8H,2-4H2,1H3,(H,18,19). The minimum atomic E-state index is -0.752. The van der Waals surface area contributed by atoms with E-state index in [-0.39, 0.29) is 6.42 Å². The van der Waals surface area contributed by atoms with E-state index in [2.05, 4.69) is 10.1 Å². The summed E-state index contributed by atoms with van der Waals surface area (Å²) < 4.78 is 3.78. The van der Waals surface area contributed by atoms with Crippen LogP contribution in [-0.2, 0) is 18.3 Å². The highest BCUT2D eigenvalue weighted by Crippen LogP contribution is 2.24. The molecule has 3 heterocycles. The normalized spacial score (nSPS) is 11.2. The number of nitrogens with zero attached hydrogens (tertiary/aromatic N) is 4. The molecule has 0 spiro atoms. The van der Waals surface area contributed by atoms with Gasteiger partial charge in [-0.1, -0.05) is 0 Å². The number of aliphatic carboxylic acids is 1. The van der Waals surface area contributed by atoms with Crippen LogP contribution in [0.25, 0.3) is 16.2 Å². The van der Waals surface area contributed by atoms with Crippen molar-refractivity contribution < 1.29 is 9.90 Å². The van der Waals surface area contributed by atoms with Gasteiger partial charge in [-0.15, -0.1) is 11.3 Å². The fourth-order valence-electron chi connectivity index (χ4n) is 2.12. The molecule has 0 bridgehead atoms. The number of thiazole rings is 1. The SMILES string of the molecule is Cn1cc(-c2cn3c(CCCC(=O)O)csc3n2)cn1. The van der Waals surface area contributed by atoms with Gasteiger partial charge in [0, 0.05) is 42.5 Å². The molecule has 0 atom stereocenters. The van der Waals surface area contributed by atoms with Crippen LogP contribution in [0.5, 0.6) is 0 Å². The maximum absolute atomic E-state index is 10.6. The van der Waals surface area contributed by atoms with Crippen molar-refractivity contribution in [3.8, 4) is 11.3 Å². The van der Waals surface area contributed by atoms with Crippen LogP contribution >= 0.6 is 11.3 Å². The average Bonchev–Trinajstić information content (AvgIpc) is 3.05. The maximum atomic E-state index is 10.6. The first kappa shape index (κ1) is 12.9. The highest BCUT2D eigenvalue weighted by molar-refractivity contribution is 7.15. The van der Waals surface area contributed by atoms with Crippen LogP contribution in [0.2, 0.25) is 0 Å². The zero-order chi connectivity index (χ0) is 14.1. The van der Waals surface area contributed by atoms with E-state index in [9.17, 15) is 4.79 Å². The molecule has 0 aromatic carbocycles.